The molecule has 1 aromatic rings. The van der Waals surface area contributed by atoms with Crippen molar-refractivity contribution >= 4 is 71.0 Å². The van der Waals surface area contributed by atoms with Crippen LogP contribution in [0.25, 0.3) is 0 Å². The summed E-state index contributed by atoms with van der Waals surface area (Å²) < 4.78 is 0. The van der Waals surface area contributed by atoms with Crippen molar-refractivity contribution in [2.75, 3.05) is 26.2 Å². The van der Waals surface area contributed by atoms with Gasteiger partial charge in [-0.3, -0.25) is 57.9 Å². The highest BCUT2D eigenvalue weighted by Crippen LogP contribution is 2.23. The second-order valence-corrected chi connectivity index (χ2v) is 23.2. The lowest BCUT2D eigenvalue weighted by Gasteiger charge is -2.32. The number of nitrogens with zero attached hydrogens (tertiary/aromatic N) is 4. The van der Waals surface area contributed by atoms with Crippen molar-refractivity contribution in [1.29, 1.82) is 0 Å². The molecule has 26 nitrogen and oxygen atoms in total. The Morgan fingerprint density at radius 3 is 1.27 bits per heavy atom. The van der Waals surface area contributed by atoms with Gasteiger partial charge < -0.3 is 75.3 Å². The van der Waals surface area contributed by atoms with Crippen molar-refractivity contribution in [3.05, 3.63) is 35.9 Å². The highest BCUT2D eigenvalue weighted by Gasteiger charge is 2.43. The minimum atomic E-state index is -1.29. The number of hydrogen-bond donors (Lipinski definition) is 12. The highest BCUT2D eigenvalue weighted by atomic mass is 16.2. The van der Waals surface area contributed by atoms with E-state index in [1.165, 1.54) is 16.7 Å². The Morgan fingerprint density at radius 2 is 0.866 bits per heavy atom. The molecule has 456 valence electrons. The Kier molecular flexibility index (Phi) is 26.3. The molecule has 0 bridgehead atoms. The van der Waals surface area contributed by atoms with E-state index in [0.717, 1.165) is 0 Å². The first-order valence-electron chi connectivity index (χ1n) is 28.9. The monoisotopic (exact) mass is 1150 g/mol. The Hall–Kier alpha value is -7.54. The van der Waals surface area contributed by atoms with Crippen LogP contribution >= 0.6 is 0 Å². The fourth-order valence-electron chi connectivity index (χ4n) is 10.3. The molecular weight excluding hydrogens is 1060 g/mol. The van der Waals surface area contributed by atoms with E-state index in [9.17, 15) is 47.9 Å². The topological polar surface area (TPSA) is 402 Å². The Morgan fingerprint density at radius 1 is 0.488 bits per heavy atom. The van der Waals surface area contributed by atoms with Gasteiger partial charge in [-0.05, 0) is 100 Å². The Balaban J connectivity index is 1.82. The summed E-state index contributed by atoms with van der Waals surface area (Å²) in [7, 11) is 0. The molecule has 0 aliphatic carbocycles. The van der Waals surface area contributed by atoms with E-state index in [-0.39, 0.29) is 108 Å². The van der Waals surface area contributed by atoms with Crippen molar-refractivity contribution in [1.82, 2.24) is 52.3 Å². The van der Waals surface area contributed by atoms with E-state index in [1.807, 2.05) is 27.7 Å². The molecule has 0 spiro atoms. The van der Waals surface area contributed by atoms with Crippen LogP contribution in [0, 0.1) is 23.7 Å². The largest absolute Gasteiger partial charge is 0.370 e. The molecule has 0 aromatic heterocycles. The SMILES string of the molecule is CC(C)C[C@@H]1NC(=O)[C@H](CCCN=C(N)N)NC(=O)[C@H](C(C)C)NC(=O)[C@@H]2CCCN2C(=O)[C@@H](Cc2ccccc2)NC(=O)[C@H](CC(C)C)NC(=O)[C@H](CCCN=C(N)N)NC(=O)[C@H](C(C)C)NC(=O)[C@@H]2CCCN2C(=O)[C@@H](C)NC1=O. The molecule has 0 saturated carbocycles. The number of benzene rings is 1. The lowest BCUT2D eigenvalue weighted by atomic mass is 9.99. The normalized spacial score (nSPS) is 26.4. The molecule has 10 amide bonds. The molecule has 82 heavy (non-hydrogen) atoms. The number of hydrogen-bond acceptors (Lipinski definition) is 12. The zero-order valence-electron chi connectivity index (χ0n) is 49.3. The molecule has 0 radical (unpaired) electrons. The van der Waals surface area contributed by atoms with E-state index in [1.54, 1.807) is 58.0 Å². The van der Waals surface area contributed by atoms with Gasteiger partial charge in [-0.2, -0.15) is 0 Å². The first-order valence-corrected chi connectivity index (χ1v) is 28.9. The van der Waals surface area contributed by atoms with E-state index >= 15 is 0 Å². The van der Waals surface area contributed by atoms with Gasteiger partial charge >= 0.3 is 0 Å². The number of amides is 10. The van der Waals surface area contributed by atoms with Crippen molar-refractivity contribution in [3.63, 3.8) is 0 Å². The summed E-state index contributed by atoms with van der Waals surface area (Å²) in [5.74, 6) is -8.58. The first kappa shape index (κ1) is 67.0. The average molecular weight is 1150 g/mol. The fraction of sp³-hybridized carbons (Fsp3) is 0.679. The number of nitrogens with one attached hydrogen (secondary N) is 8. The smallest absolute Gasteiger partial charge is 0.246 e. The molecule has 3 aliphatic heterocycles. The summed E-state index contributed by atoms with van der Waals surface area (Å²) in [6.07, 6.45) is 1.92. The zero-order valence-corrected chi connectivity index (χ0v) is 49.3. The van der Waals surface area contributed by atoms with Crippen LogP contribution in [0.3, 0.4) is 0 Å². The third-order valence-electron chi connectivity index (χ3n) is 14.6. The van der Waals surface area contributed by atoms with Gasteiger partial charge in [0.05, 0.1) is 0 Å². The Bertz CT molecular complexity index is 2450. The van der Waals surface area contributed by atoms with Gasteiger partial charge in [-0.15, -0.1) is 0 Å². The number of aliphatic imine (C=N–C) groups is 2. The standard InChI is InChI=1S/C56H92N16O10/c1-30(2)27-38-47(75)63-34(9)53(81)71-25-15-21-41(71)49(77)69-43(32(5)6)51(79)65-37(20-14-24-62-56(59)60)46(74)67-39(28-31(3)4)48(76)68-40(29-35-17-11-10-12-18-35)54(82)72-26-16-22-42(72)50(78)70-44(33(7)8)52(80)64-36(45(73)66-38)19-13-23-61-55(57)58/h10-12,17-18,30-34,36-44H,13-16,19-29H2,1-9H3,(H,63,75)(H,64,80)(H,65,79)(H,66,73)(H,67,74)(H,68,76)(H,69,77)(H,70,78)(H4,57,58,61)(H4,59,60,62)/t34-,36+,37+,38+,39+,40-,41+,42+,43+,44+/m1/s1. The molecule has 0 unspecified atom stereocenters. The van der Waals surface area contributed by atoms with Crippen LogP contribution in [0.1, 0.15) is 132 Å². The lowest BCUT2D eigenvalue weighted by Crippen LogP contribution is -2.62. The van der Waals surface area contributed by atoms with Crippen LogP contribution in [0.15, 0.2) is 40.3 Å². The minimum Gasteiger partial charge on any atom is -0.370 e. The average Bonchev–Trinajstić information content (AvgIpc) is 4.32. The van der Waals surface area contributed by atoms with Crippen LogP contribution in [-0.2, 0) is 54.4 Å². The predicted octanol–water partition coefficient (Wildman–Crippen LogP) is -1.37. The quantitative estimate of drug-likeness (QED) is 0.0517. The summed E-state index contributed by atoms with van der Waals surface area (Å²) in [5.41, 5.74) is 23.0. The molecule has 3 heterocycles. The highest BCUT2D eigenvalue weighted by molar-refractivity contribution is 6.00. The van der Waals surface area contributed by atoms with Crippen LogP contribution in [0.4, 0.5) is 0 Å². The molecule has 3 fully saturated rings. The number of carbonyl (C=O) groups is 10. The summed E-state index contributed by atoms with van der Waals surface area (Å²) >= 11 is 0. The van der Waals surface area contributed by atoms with Gasteiger partial charge in [0, 0.05) is 32.6 Å². The van der Waals surface area contributed by atoms with Gasteiger partial charge in [0.15, 0.2) is 11.9 Å². The third-order valence-corrected chi connectivity index (χ3v) is 14.6. The predicted molar refractivity (Wildman–Crippen MR) is 309 cm³/mol. The number of fused-ring (bicyclic) bond motifs is 2. The molecule has 26 heteroatoms. The Labute approximate surface area is 481 Å². The second kappa shape index (κ2) is 32.2. The van der Waals surface area contributed by atoms with E-state index < -0.39 is 131 Å². The fourth-order valence-corrected chi connectivity index (χ4v) is 10.3. The zero-order chi connectivity index (χ0) is 61.0. The molecule has 10 atom stereocenters. The molecule has 3 aliphatic rings. The second-order valence-electron chi connectivity index (χ2n) is 23.2. The summed E-state index contributed by atoms with van der Waals surface area (Å²) in [6, 6.07) is -3.09. The van der Waals surface area contributed by atoms with E-state index in [4.69, 9.17) is 22.9 Å². The number of carbonyl (C=O) groups excluding carboxylic acids is 10. The van der Waals surface area contributed by atoms with Gasteiger partial charge in [0.1, 0.15) is 60.4 Å². The van der Waals surface area contributed by atoms with Crippen molar-refractivity contribution in [2.24, 2.45) is 56.6 Å². The molecule has 4 rings (SSSR count). The van der Waals surface area contributed by atoms with Gasteiger partial charge in [0.25, 0.3) is 0 Å². The van der Waals surface area contributed by atoms with Gasteiger partial charge in [-0.25, -0.2) is 0 Å². The lowest BCUT2D eigenvalue weighted by molar-refractivity contribution is -0.143. The minimum absolute atomic E-state index is 0.000464. The molecule has 3 saturated heterocycles. The van der Waals surface area contributed by atoms with Crippen molar-refractivity contribution < 1.29 is 47.9 Å². The molecule has 1 aromatic carbocycles. The van der Waals surface area contributed by atoms with Crippen molar-refractivity contribution in [3.8, 4) is 0 Å². The maximum Gasteiger partial charge on any atom is 0.246 e. The molecular formula is C56H92N16O10. The number of nitrogens with two attached hydrogens (primary N) is 4. The van der Waals surface area contributed by atoms with Crippen LogP contribution in [0.2, 0.25) is 0 Å². The summed E-state index contributed by atoms with van der Waals surface area (Å²) in [6.45, 7) is 16.1. The number of guanidine groups is 2. The van der Waals surface area contributed by atoms with E-state index in [2.05, 4.69) is 52.5 Å². The maximum atomic E-state index is 14.9. The van der Waals surface area contributed by atoms with Crippen LogP contribution < -0.4 is 65.5 Å². The summed E-state index contributed by atoms with van der Waals surface area (Å²) in [4.78, 5) is 155. The van der Waals surface area contributed by atoms with Gasteiger partial charge in [-0.1, -0.05) is 85.7 Å². The first-order chi connectivity index (χ1) is 38.7. The van der Waals surface area contributed by atoms with Crippen molar-refractivity contribution in [2.45, 2.75) is 193 Å². The van der Waals surface area contributed by atoms with E-state index in [0.29, 0.717) is 18.4 Å². The molecule has 16 N–H and O–H groups in total. The number of rotatable bonds is 16. The summed E-state index contributed by atoms with van der Waals surface area (Å²) in [5, 5.41) is 22.4. The van der Waals surface area contributed by atoms with Gasteiger partial charge in [0.2, 0.25) is 59.1 Å². The van der Waals surface area contributed by atoms with Crippen LogP contribution in [0.5, 0.6) is 0 Å². The third kappa shape index (κ3) is 20.5. The maximum absolute atomic E-state index is 14.9. The van der Waals surface area contributed by atoms with Crippen LogP contribution in [-0.4, -0.2) is 167 Å².